The summed E-state index contributed by atoms with van der Waals surface area (Å²) in [5.74, 6) is 0.975. The van der Waals surface area contributed by atoms with Gasteiger partial charge < -0.3 is 9.15 Å². The standard InChI is InChI=1S/C19H20F3N3O2/c1-11(2)17-15(10-26-4)23-18(27-17)14-8-6-5-7-13(14)16-9-12(3)24-25(16)19(20,21)22/h5-9,11H,10H2,1-4H3. The molecule has 2 heterocycles. The molecule has 0 aliphatic carbocycles. The Labute approximate surface area is 154 Å². The number of nitrogens with zero attached hydrogens (tertiary/aromatic N) is 3. The first-order chi connectivity index (χ1) is 12.7. The molecule has 27 heavy (non-hydrogen) atoms. The molecular formula is C19H20F3N3O2. The molecule has 0 aliphatic rings. The van der Waals surface area contributed by atoms with Gasteiger partial charge in [0.25, 0.3) is 0 Å². The first-order valence-electron chi connectivity index (χ1n) is 8.44. The summed E-state index contributed by atoms with van der Waals surface area (Å²) in [6.45, 7) is 5.70. The van der Waals surface area contributed by atoms with Gasteiger partial charge in [-0.3, -0.25) is 0 Å². The van der Waals surface area contributed by atoms with Crippen LogP contribution in [0.1, 0.15) is 36.9 Å². The van der Waals surface area contributed by atoms with E-state index in [0.717, 1.165) is 0 Å². The number of oxazole rings is 1. The van der Waals surface area contributed by atoms with Crippen LogP contribution in [0.25, 0.3) is 22.7 Å². The summed E-state index contributed by atoms with van der Waals surface area (Å²) in [4.78, 5) is 4.47. The Morgan fingerprint density at radius 2 is 1.85 bits per heavy atom. The zero-order valence-corrected chi connectivity index (χ0v) is 15.5. The van der Waals surface area contributed by atoms with E-state index in [0.29, 0.717) is 22.6 Å². The quantitative estimate of drug-likeness (QED) is 0.607. The third-order valence-electron chi connectivity index (χ3n) is 4.04. The molecule has 0 atom stereocenters. The number of aromatic nitrogens is 3. The van der Waals surface area contributed by atoms with Crippen molar-refractivity contribution in [2.45, 2.75) is 39.6 Å². The van der Waals surface area contributed by atoms with Gasteiger partial charge in [-0.25, -0.2) is 4.98 Å². The fourth-order valence-corrected chi connectivity index (χ4v) is 2.95. The van der Waals surface area contributed by atoms with Crippen LogP contribution in [0, 0.1) is 6.92 Å². The number of methoxy groups -OCH3 is 1. The summed E-state index contributed by atoms with van der Waals surface area (Å²) < 4.78 is 51.3. The van der Waals surface area contributed by atoms with Crippen molar-refractivity contribution < 1.29 is 22.3 Å². The Kier molecular flexibility index (Phi) is 5.10. The highest BCUT2D eigenvalue weighted by atomic mass is 19.4. The summed E-state index contributed by atoms with van der Waals surface area (Å²) in [5, 5.41) is 3.59. The lowest BCUT2D eigenvalue weighted by atomic mass is 10.0. The van der Waals surface area contributed by atoms with E-state index in [9.17, 15) is 13.2 Å². The highest BCUT2D eigenvalue weighted by molar-refractivity contribution is 5.78. The molecule has 0 saturated carbocycles. The minimum atomic E-state index is -4.63. The van der Waals surface area contributed by atoms with Crippen LogP contribution in [0.3, 0.4) is 0 Å². The van der Waals surface area contributed by atoms with Gasteiger partial charge in [-0.2, -0.15) is 9.78 Å². The summed E-state index contributed by atoms with van der Waals surface area (Å²) in [6.07, 6.45) is -4.63. The van der Waals surface area contributed by atoms with Gasteiger partial charge in [0, 0.05) is 24.2 Å². The second kappa shape index (κ2) is 7.19. The van der Waals surface area contributed by atoms with Crippen LogP contribution in [-0.4, -0.2) is 21.9 Å². The van der Waals surface area contributed by atoms with Gasteiger partial charge in [-0.15, -0.1) is 13.2 Å². The van der Waals surface area contributed by atoms with Crippen molar-refractivity contribution in [2.75, 3.05) is 7.11 Å². The average molecular weight is 379 g/mol. The molecule has 8 heteroatoms. The maximum Gasteiger partial charge on any atom is 0.505 e. The van der Waals surface area contributed by atoms with Crippen molar-refractivity contribution >= 4 is 0 Å². The molecule has 0 aliphatic heterocycles. The van der Waals surface area contributed by atoms with Crippen molar-refractivity contribution in [1.29, 1.82) is 0 Å². The predicted molar refractivity (Wildman–Crippen MR) is 94.0 cm³/mol. The topological polar surface area (TPSA) is 53.1 Å². The molecule has 2 aromatic heterocycles. The molecule has 0 unspecified atom stereocenters. The highest BCUT2D eigenvalue weighted by Crippen LogP contribution is 2.37. The number of hydrogen-bond donors (Lipinski definition) is 0. The third-order valence-corrected chi connectivity index (χ3v) is 4.04. The van der Waals surface area contributed by atoms with E-state index >= 15 is 0 Å². The van der Waals surface area contributed by atoms with Crippen molar-refractivity contribution in [3.05, 3.63) is 47.5 Å². The molecule has 3 aromatic rings. The number of aryl methyl sites for hydroxylation is 1. The van der Waals surface area contributed by atoms with Crippen LogP contribution in [0.15, 0.2) is 34.7 Å². The normalized spacial score (nSPS) is 12.1. The number of benzene rings is 1. The third kappa shape index (κ3) is 3.75. The summed E-state index contributed by atoms with van der Waals surface area (Å²) in [6, 6.07) is 8.09. The predicted octanol–water partition coefficient (Wildman–Crippen LogP) is 5.26. The van der Waals surface area contributed by atoms with Crippen molar-refractivity contribution in [3.8, 4) is 22.7 Å². The number of hydrogen-bond acceptors (Lipinski definition) is 4. The van der Waals surface area contributed by atoms with Gasteiger partial charge >= 0.3 is 6.30 Å². The molecule has 0 fully saturated rings. The van der Waals surface area contributed by atoms with Crippen molar-refractivity contribution in [1.82, 2.24) is 14.8 Å². The molecule has 1 aromatic carbocycles. The van der Waals surface area contributed by atoms with E-state index in [-0.39, 0.29) is 34.5 Å². The molecular weight excluding hydrogens is 359 g/mol. The van der Waals surface area contributed by atoms with Gasteiger partial charge in [0.2, 0.25) is 5.89 Å². The second-order valence-corrected chi connectivity index (χ2v) is 6.51. The van der Waals surface area contributed by atoms with E-state index in [1.54, 1.807) is 31.4 Å². The second-order valence-electron chi connectivity index (χ2n) is 6.51. The van der Waals surface area contributed by atoms with E-state index < -0.39 is 6.30 Å². The molecule has 5 nitrogen and oxygen atoms in total. The van der Waals surface area contributed by atoms with Crippen LogP contribution in [0.4, 0.5) is 13.2 Å². The van der Waals surface area contributed by atoms with Gasteiger partial charge in [-0.1, -0.05) is 32.0 Å². The average Bonchev–Trinajstić information content (AvgIpc) is 3.19. The highest BCUT2D eigenvalue weighted by Gasteiger charge is 2.35. The van der Waals surface area contributed by atoms with Crippen LogP contribution < -0.4 is 0 Å². The largest absolute Gasteiger partial charge is 0.505 e. The Morgan fingerprint density at radius 3 is 2.44 bits per heavy atom. The van der Waals surface area contributed by atoms with Crippen LogP contribution in [0.5, 0.6) is 0 Å². The Morgan fingerprint density at radius 1 is 1.19 bits per heavy atom. The van der Waals surface area contributed by atoms with E-state index in [1.165, 1.54) is 13.0 Å². The van der Waals surface area contributed by atoms with Crippen LogP contribution in [0.2, 0.25) is 0 Å². The maximum atomic E-state index is 13.4. The van der Waals surface area contributed by atoms with E-state index in [2.05, 4.69) is 10.1 Å². The molecule has 3 rings (SSSR count). The molecule has 0 saturated heterocycles. The first-order valence-corrected chi connectivity index (χ1v) is 8.44. The molecule has 0 bridgehead atoms. The van der Waals surface area contributed by atoms with E-state index in [4.69, 9.17) is 9.15 Å². The van der Waals surface area contributed by atoms with E-state index in [1.807, 2.05) is 13.8 Å². The molecule has 0 amide bonds. The van der Waals surface area contributed by atoms with Gasteiger partial charge in [0.05, 0.1) is 18.0 Å². The lowest BCUT2D eigenvalue weighted by Crippen LogP contribution is -2.19. The Hall–Kier alpha value is -2.61. The smallest absolute Gasteiger partial charge is 0.440 e. The lowest BCUT2D eigenvalue weighted by Gasteiger charge is -2.12. The molecule has 0 N–H and O–H groups in total. The van der Waals surface area contributed by atoms with Gasteiger partial charge in [-0.05, 0) is 19.1 Å². The number of alkyl halides is 3. The Balaban J connectivity index is 2.18. The van der Waals surface area contributed by atoms with Crippen LogP contribution in [-0.2, 0) is 17.6 Å². The van der Waals surface area contributed by atoms with Gasteiger partial charge in [0.15, 0.2) is 0 Å². The first kappa shape index (κ1) is 19.2. The fourth-order valence-electron chi connectivity index (χ4n) is 2.95. The number of halogens is 3. The summed E-state index contributed by atoms with van der Waals surface area (Å²) in [7, 11) is 1.55. The monoisotopic (exact) mass is 379 g/mol. The number of rotatable bonds is 5. The molecule has 144 valence electrons. The molecule has 0 spiro atoms. The lowest BCUT2D eigenvalue weighted by molar-refractivity contribution is -0.211. The van der Waals surface area contributed by atoms with Crippen molar-refractivity contribution in [2.24, 2.45) is 0 Å². The molecule has 0 radical (unpaired) electrons. The summed E-state index contributed by atoms with van der Waals surface area (Å²) >= 11 is 0. The maximum absolute atomic E-state index is 13.4. The van der Waals surface area contributed by atoms with Gasteiger partial charge in [0.1, 0.15) is 11.5 Å². The minimum Gasteiger partial charge on any atom is -0.440 e. The zero-order chi connectivity index (χ0) is 19.8. The van der Waals surface area contributed by atoms with Crippen molar-refractivity contribution in [3.63, 3.8) is 0 Å². The Bertz CT molecular complexity index is 942. The zero-order valence-electron chi connectivity index (χ0n) is 15.5. The summed E-state index contributed by atoms with van der Waals surface area (Å²) in [5.41, 5.74) is 1.65. The fraction of sp³-hybridized carbons (Fsp3) is 0.368. The van der Waals surface area contributed by atoms with Crippen LogP contribution >= 0.6 is 0 Å². The minimum absolute atomic E-state index is 0.0616. The SMILES string of the molecule is COCc1nc(-c2ccccc2-c2cc(C)nn2C(F)(F)F)oc1C(C)C. The number of ether oxygens (including phenoxy) is 1.